The second-order valence-electron chi connectivity index (χ2n) is 4.36. The summed E-state index contributed by atoms with van der Waals surface area (Å²) in [5, 5.41) is 1.15. The zero-order chi connectivity index (χ0) is 10.9. The largest absolute Gasteiger partial charge is 0.385 e. The first-order valence-corrected chi connectivity index (χ1v) is 7.29. The zero-order valence-corrected chi connectivity index (χ0v) is 11.5. The van der Waals surface area contributed by atoms with Gasteiger partial charge in [-0.2, -0.15) is 0 Å². The number of rotatable bonds is 8. The Morgan fingerprint density at radius 2 is 2.20 bits per heavy atom. The standard InChI is InChI=1S/C12H24BrNO/c1-15-11-3-2-9-14-10-5-7-12(14)6-4-8-13/h12H,2-11H2,1H3. The SMILES string of the molecule is COCCCCN1CCCC1CCCBr. The van der Waals surface area contributed by atoms with E-state index in [2.05, 4.69) is 20.8 Å². The van der Waals surface area contributed by atoms with Crippen molar-refractivity contribution in [3.05, 3.63) is 0 Å². The minimum atomic E-state index is 0.866. The van der Waals surface area contributed by atoms with E-state index >= 15 is 0 Å². The fraction of sp³-hybridized carbons (Fsp3) is 1.00. The Bertz CT molecular complexity index is 155. The first-order chi connectivity index (χ1) is 7.38. The quantitative estimate of drug-likeness (QED) is 0.500. The first-order valence-electron chi connectivity index (χ1n) is 6.17. The van der Waals surface area contributed by atoms with Crippen LogP contribution in [0.25, 0.3) is 0 Å². The summed E-state index contributed by atoms with van der Waals surface area (Å²) < 4.78 is 5.07. The van der Waals surface area contributed by atoms with Crippen molar-refractivity contribution < 1.29 is 4.74 Å². The minimum absolute atomic E-state index is 0.866. The molecule has 1 atom stereocenters. The molecule has 0 aromatic carbocycles. The second kappa shape index (κ2) is 8.54. The summed E-state index contributed by atoms with van der Waals surface area (Å²) in [4.78, 5) is 2.68. The van der Waals surface area contributed by atoms with Gasteiger partial charge in [-0.1, -0.05) is 15.9 Å². The Labute approximate surface area is 102 Å². The number of alkyl halides is 1. The van der Waals surface area contributed by atoms with E-state index in [-0.39, 0.29) is 0 Å². The van der Waals surface area contributed by atoms with Gasteiger partial charge in [0.25, 0.3) is 0 Å². The number of ether oxygens (including phenoxy) is 1. The highest BCUT2D eigenvalue weighted by molar-refractivity contribution is 9.09. The summed E-state index contributed by atoms with van der Waals surface area (Å²) in [6.07, 6.45) is 8.00. The van der Waals surface area contributed by atoms with Crippen LogP contribution in [0.5, 0.6) is 0 Å². The second-order valence-corrected chi connectivity index (χ2v) is 5.16. The van der Waals surface area contributed by atoms with Crippen LogP contribution in [0.3, 0.4) is 0 Å². The van der Waals surface area contributed by atoms with E-state index in [0.717, 1.165) is 18.0 Å². The summed E-state index contributed by atoms with van der Waals surface area (Å²) in [7, 11) is 1.79. The maximum atomic E-state index is 5.07. The van der Waals surface area contributed by atoms with Crippen LogP contribution in [-0.4, -0.2) is 43.1 Å². The van der Waals surface area contributed by atoms with Crippen molar-refractivity contribution in [2.75, 3.05) is 32.1 Å². The van der Waals surface area contributed by atoms with Crippen LogP contribution < -0.4 is 0 Å². The number of halogens is 1. The molecule has 0 spiro atoms. The highest BCUT2D eigenvalue weighted by atomic mass is 79.9. The van der Waals surface area contributed by atoms with Crippen molar-refractivity contribution in [2.45, 2.75) is 44.6 Å². The number of nitrogens with zero attached hydrogens (tertiary/aromatic N) is 1. The van der Waals surface area contributed by atoms with E-state index in [1.54, 1.807) is 7.11 Å². The van der Waals surface area contributed by atoms with E-state index in [9.17, 15) is 0 Å². The van der Waals surface area contributed by atoms with E-state index in [0.29, 0.717) is 0 Å². The zero-order valence-electron chi connectivity index (χ0n) is 9.88. The molecule has 1 rings (SSSR count). The lowest BCUT2D eigenvalue weighted by atomic mass is 10.1. The van der Waals surface area contributed by atoms with Gasteiger partial charge in [0.05, 0.1) is 0 Å². The van der Waals surface area contributed by atoms with Gasteiger partial charge in [0.2, 0.25) is 0 Å². The molecule has 0 bridgehead atoms. The molecule has 1 aliphatic rings. The molecule has 0 saturated carbocycles. The van der Waals surface area contributed by atoms with Gasteiger partial charge < -0.3 is 9.64 Å². The van der Waals surface area contributed by atoms with Crippen LogP contribution in [0, 0.1) is 0 Å². The van der Waals surface area contributed by atoms with Crippen molar-refractivity contribution >= 4 is 15.9 Å². The molecule has 0 amide bonds. The molecular formula is C12H24BrNO. The number of hydrogen-bond acceptors (Lipinski definition) is 2. The average Bonchev–Trinajstić information content (AvgIpc) is 2.69. The van der Waals surface area contributed by atoms with Gasteiger partial charge in [0.1, 0.15) is 0 Å². The molecule has 0 aliphatic carbocycles. The highest BCUT2D eigenvalue weighted by Crippen LogP contribution is 2.21. The predicted octanol–water partition coefficient (Wildman–Crippen LogP) is 3.05. The number of hydrogen-bond donors (Lipinski definition) is 0. The molecule has 1 aliphatic heterocycles. The van der Waals surface area contributed by atoms with Crippen molar-refractivity contribution in [3.63, 3.8) is 0 Å². The Kier molecular flexibility index (Phi) is 7.67. The van der Waals surface area contributed by atoms with Gasteiger partial charge in [-0.05, 0) is 51.6 Å². The summed E-state index contributed by atoms with van der Waals surface area (Å²) in [6.45, 7) is 3.51. The molecule has 2 nitrogen and oxygen atoms in total. The topological polar surface area (TPSA) is 12.5 Å². The average molecular weight is 278 g/mol. The molecule has 3 heteroatoms. The van der Waals surface area contributed by atoms with Gasteiger partial charge in [-0.15, -0.1) is 0 Å². The lowest BCUT2D eigenvalue weighted by Crippen LogP contribution is -2.30. The lowest BCUT2D eigenvalue weighted by molar-refractivity contribution is 0.179. The van der Waals surface area contributed by atoms with Crippen molar-refractivity contribution in [2.24, 2.45) is 0 Å². The maximum absolute atomic E-state index is 5.07. The van der Waals surface area contributed by atoms with Crippen LogP contribution in [0.4, 0.5) is 0 Å². The third-order valence-electron chi connectivity index (χ3n) is 3.21. The number of unbranched alkanes of at least 4 members (excludes halogenated alkanes) is 1. The van der Waals surface area contributed by atoms with E-state index in [1.165, 1.54) is 51.6 Å². The van der Waals surface area contributed by atoms with E-state index < -0.39 is 0 Å². The minimum Gasteiger partial charge on any atom is -0.385 e. The molecule has 0 radical (unpaired) electrons. The van der Waals surface area contributed by atoms with Gasteiger partial charge in [0, 0.05) is 25.1 Å². The maximum Gasteiger partial charge on any atom is 0.0462 e. The van der Waals surface area contributed by atoms with Crippen molar-refractivity contribution in [3.8, 4) is 0 Å². The van der Waals surface area contributed by atoms with E-state index in [4.69, 9.17) is 4.74 Å². The molecule has 1 unspecified atom stereocenters. The fourth-order valence-corrected chi connectivity index (χ4v) is 2.71. The summed E-state index contributed by atoms with van der Waals surface area (Å²) >= 11 is 3.51. The Morgan fingerprint density at radius 3 is 2.93 bits per heavy atom. The molecule has 0 aromatic rings. The van der Waals surface area contributed by atoms with Crippen LogP contribution >= 0.6 is 15.9 Å². The van der Waals surface area contributed by atoms with Crippen LogP contribution in [0.15, 0.2) is 0 Å². The summed E-state index contributed by atoms with van der Waals surface area (Å²) in [6, 6.07) is 0.866. The normalized spacial score (nSPS) is 22.4. The molecule has 1 saturated heterocycles. The Hall–Kier alpha value is 0.400. The predicted molar refractivity (Wildman–Crippen MR) is 68.7 cm³/mol. The van der Waals surface area contributed by atoms with Crippen molar-refractivity contribution in [1.82, 2.24) is 4.90 Å². The molecule has 0 N–H and O–H groups in total. The van der Waals surface area contributed by atoms with Gasteiger partial charge >= 0.3 is 0 Å². The molecule has 0 aromatic heterocycles. The van der Waals surface area contributed by atoms with Gasteiger partial charge in [0.15, 0.2) is 0 Å². The summed E-state index contributed by atoms with van der Waals surface area (Å²) in [5.74, 6) is 0. The lowest BCUT2D eigenvalue weighted by Gasteiger charge is -2.24. The smallest absolute Gasteiger partial charge is 0.0462 e. The van der Waals surface area contributed by atoms with Crippen LogP contribution in [0.2, 0.25) is 0 Å². The third kappa shape index (κ3) is 5.32. The van der Waals surface area contributed by atoms with E-state index in [1.807, 2.05) is 0 Å². The first kappa shape index (κ1) is 13.5. The third-order valence-corrected chi connectivity index (χ3v) is 3.77. The van der Waals surface area contributed by atoms with Crippen LogP contribution in [0.1, 0.15) is 38.5 Å². The number of methoxy groups -OCH3 is 1. The monoisotopic (exact) mass is 277 g/mol. The van der Waals surface area contributed by atoms with Crippen molar-refractivity contribution in [1.29, 1.82) is 0 Å². The molecular weight excluding hydrogens is 254 g/mol. The number of likely N-dealkylation sites (tertiary alicyclic amines) is 1. The van der Waals surface area contributed by atoms with Crippen LogP contribution in [-0.2, 0) is 4.74 Å². The highest BCUT2D eigenvalue weighted by Gasteiger charge is 2.22. The molecule has 1 heterocycles. The molecule has 90 valence electrons. The fourth-order valence-electron chi connectivity index (χ4n) is 2.39. The molecule has 1 fully saturated rings. The summed E-state index contributed by atoms with van der Waals surface area (Å²) in [5.41, 5.74) is 0. The van der Waals surface area contributed by atoms with Gasteiger partial charge in [-0.3, -0.25) is 0 Å². The Morgan fingerprint density at radius 1 is 1.33 bits per heavy atom. The Balaban J connectivity index is 2.09. The van der Waals surface area contributed by atoms with Gasteiger partial charge in [-0.25, -0.2) is 0 Å². The molecule has 15 heavy (non-hydrogen) atoms.